The third-order valence-corrected chi connectivity index (χ3v) is 6.65. The summed E-state index contributed by atoms with van der Waals surface area (Å²) in [6.45, 7) is 8.35. The Morgan fingerprint density at radius 3 is 2.39 bits per heavy atom. The zero-order valence-electron chi connectivity index (χ0n) is 17.6. The second kappa shape index (κ2) is 7.13. The van der Waals surface area contributed by atoms with Crippen LogP contribution in [-0.4, -0.2) is 35.1 Å². The second-order valence-corrected chi connectivity index (χ2v) is 9.27. The van der Waals surface area contributed by atoms with E-state index in [1.165, 1.54) is 17.6 Å². The molecule has 0 spiro atoms. The van der Waals surface area contributed by atoms with Crippen LogP contribution in [0.15, 0.2) is 48.7 Å². The van der Waals surface area contributed by atoms with Gasteiger partial charge in [-0.2, -0.15) is 0 Å². The summed E-state index contributed by atoms with van der Waals surface area (Å²) in [5.41, 5.74) is 4.30. The average Bonchev–Trinajstić information content (AvgIpc) is 3.21. The van der Waals surface area contributed by atoms with Crippen LogP contribution in [0, 0.1) is 5.41 Å². The van der Waals surface area contributed by atoms with Crippen molar-refractivity contribution in [1.29, 1.82) is 0 Å². The van der Waals surface area contributed by atoms with E-state index in [0.717, 1.165) is 42.8 Å². The van der Waals surface area contributed by atoms with Crippen molar-refractivity contribution in [2.45, 2.75) is 51.6 Å². The maximum Gasteiger partial charge on any atom is 0.122 e. The van der Waals surface area contributed by atoms with E-state index in [2.05, 4.69) is 74.1 Å². The molecule has 0 radical (unpaired) electrons. The number of benzene rings is 1. The highest BCUT2D eigenvalue weighted by molar-refractivity contribution is 5.65. The molecule has 0 bridgehead atoms. The summed E-state index contributed by atoms with van der Waals surface area (Å²) in [7, 11) is 2.12. The number of pyridine rings is 1. The molecule has 4 rings (SSSR count). The molecule has 2 heterocycles. The Morgan fingerprint density at radius 1 is 1.11 bits per heavy atom. The Labute approximate surface area is 169 Å². The van der Waals surface area contributed by atoms with Crippen LogP contribution in [0.25, 0.3) is 5.57 Å². The fourth-order valence-electron chi connectivity index (χ4n) is 5.08. The van der Waals surface area contributed by atoms with Gasteiger partial charge < -0.3 is 10.0 Å². The molecule has 2 aliphatic rings. The van der Waals surface area contributed by atoms with Crippen LogP contribution in [0.5, 0.6) is 0 Å². The van der Waals surface area contributed by atoms with Crippen molar-refractivity contribution < 1.29 is 5.11 Å². The summed E-state index contributed by atoms with van der Waals surface area (Å²) >= 11 is 0. The van der Waals surface area contributed by atoms with Gasteiger partial charge in [-0.15, -0.1) is 0 Å². The first kappa shape index (κ1) is 19.4. The van der Waals surface area contributed by atoms with Gasteiger partial charge in [-0.3, -0.25) is 4.98 Å². The molecule has 1 saturated heterocycles. The topological polar surface area (TPSA) is 36.4 Å². The zero-order valence-corrected chi connectivity index (χ0v) is 17.6. The second-order valence-electron chi connectivity index (χ2n) is 9.27. The lowest BCUT2D eigenvalue weighted by Crippen LogP contribution is -2.63. The van der Waals surface area contributed by atoms with Gasteiger partial charge in [0.1, 0.15) is 5.60 Å². The molecule has 2 aromatic rings. The van der Waals surface area contributed by atoms with Gasteiger partial charge in [-0.1, -0.05) is 51.1 Å². The molecule has 1 aliphatic carbocycles. The van der Waals surface area contributed by atoms with E-state index in [9.17, 15) is 5.11 Å². The highest BCUT2D eigenvalue weighted by Gasteiger charge is 2.55. The third-order valence-electron chi connectivity index (χ3n) is 6.65. The summed E-state index contributed by atoms with van der Waals surface area (Å²) in [5, 5.41) is 12.3. The van der Waals surface area contributed by atoms with E-state index in [1.807, 2.05) is 12.3 Å². The van der Waals surface area contributed by atoms with Crippen molar-refractivity contribution in [3.05, 3.63) is 71.1 Å². The number of allylic oxidation sites excluding steroid dienone is 2. The Balaban J connectivity index is 1.81. The number of likely N-dealkylation sites (tertiary alicyclic amines) is 1. The van der Waals surface area contributed by atoms with Gasteiger partial charge in [0.05, 0.1) is 5.69 Å². The fraction of sp³-hybridized carbons (Fsp3) is 0.480. The van der Waals surface area contributed by atoms with Gasteiger partial charge in [0, 0.05) is 24.7 Å². The van der Waals surface area contributed by atoms with E-state index < -0.39 is 5.60 Å². The summed E-state index contributed by atoms with van der Waals surface area (Å²) in [6.07, 6.45) is 7.57. The summed E-state index contributed by atoms with van der Waals surface area (Å²) in [4.78, 5) is 6.89. The molecule has 148 valence electrons. The van der Waals surface area contributed by atoms with E-state index >= 15 is 0 Å². The summed E-state index contributed by atoms with van der Waals surface area (Å²) in [6, 6.07) is 12.7. The third kappa shape index (κ3) is 3.11. The van der Waals surface area contributed by atoms with Gasteiger partial charge >= 0.3 is 0 Å². The van der Waals surface area contributed by atoms with Gasteiger partial charge in [-0.05, 0) is 66.6 Å². The number of hydrogen-bond donors (Lipinski definition) is 1. The minimum Gasteiger partial charge on any atom is -0.380 e. The van der Waals surface area contributed by atoms with E-state index in [4.69, 9.17) is 0 Å². The standard InChI is InChI=1S/C25H32N2O/c1-18(2)19-9-11-21(12-10-19)25(28,24(3)16-27(4)17-24)22-13-14-26-23(15-22)20-7-5-6-8-20/h7,9-15,18,28H,5-6,8,16-17H2,1-4H3/t25-/m0/s1. The van der Waals surface area contributed by atoms with Crippen LogP contribution < -0.4 is 0 Å². The monoisotopic (exact) mass is 376 g/mol. The van der Waals surface area contributed by atoms with E-state index in [-0.39, 0.29) is 5.41 Å². The molecular weight excluding hydrogens is 344 g/mol. The molecule has 1 aromatic carbocycles. The number of hydrogen-bond acceptors (Lipinski definition) is 3. The Bertz CT molecular complexity index is 878. The van der Waals surface area contributed by atoms with Gasteiger partial charge in [-0.25, -0.2) is 0 Å². The molecule has 1 fully saturated rings. The predicted molar refractivity (Wildman–Crippen MR) is 115 cm³/mol. The maximum absolute atomic E-state index is 12.3. The lowest BCUT2D eigenvalue weighted by atomic mass is 9.62. The first-order valence-corrected chi connectivity index (χ1v) is 10.5. The Morgan fingerprint density at radius 2 is 1.82 bits per heavy atom. The molecule has 1 aliphatic heterocycles. The Hall–Kier alpha value is -1.97. The summed E-state index contributed by atoms with van der Waals surface area (Å²) < 4.78 is 0. The molecule has 1 N–H and O–H groups in total. The average molecular weight is 377 g/mol. The molecular formula is C25H32N2O. The SMILES string of the molecule is CC(C)c1ccc([C@](O)(c2ccnc(C3=CCCC3)c2)C2(C)CN(C)C2)cc1. The lowest BCUT2D eigenvalue weighted by molar-refractivity contribution is -0.127. The minimum atomic E-state index is -1.04. The minimum absolute atomic E-state index is 0.232. The first-order valence-electron chi connectivity index (χ1n) is 10.5. The van der Waals surface area contributed by atoms with Crippen LogP contribution in [0.2, 0.25) is 0 Å². The number of nitrogens with zero attached hydrogens (tertiary/aromatic N) is 2. The molecule has 0 unspecified atom stereocenters. The molecule has 3 nitrogen and oxygen atoms in total. The first-order chi connectivity index (χ1) is 13.3. The molecule has 3 heteroatoms. The van der Waals surface area contributed by atoms with Gasteiger partial charge in [0.15, 0.2) is 0 Å². The molecule has 28 heavy (non-hydrogen) atoms. The highest BCUT2D eigenvalue weighted by atomic mass is 16.3. The van der Waals surface area contributed by atoms with Crippen LogP contribution in [0.3, 0.4) is 0 Å². The van der Waals surface area contributed by atoms with Crippen molar-refractivity contribution in [2.75, 3.05) is 20.1 Å². The predicted octanol–water partition coefficient (Wildman–Crippen LogP) is 4.96. The quantitative estimate of drug-likeness (QED) is 0.801. The van der Waals surface area contributed by atoms with Crippen LogP contribution >= 0.6 is 0 Å². The van der Waals surface area contributed by atoms with Crippen molar-refractivity contribution in [2.24, 2.45) is 5.41 Å². The van der Waals surface area contributed by atoms with Crippen molar-refractivity contribution >= 4 is 5.57 Å². The molecule has 0 amide bonds. The van der Waals surface area contributed by atoms with Crippen LogP contribution in [0.4, 0.5) is 0 Å². The summed E-state index contributed by atoms with van der Waals surface area (Å²) in [5.74, 6) is 0.481. The number of rotatable bonds is 5. The maximum atomic E-state index is 12.3. The number of aliphatic hydroxyl groups is 1. The van der Waals surface area contributed by atoms with Crippen molar-refractivity contribution in [3.63, 3.8) is 0 Å². The molecule has 1 aromatic heterocycles. The fourth-order valence-corrected chi connectivity index (χ4v) is 5.08. The molecule has 1 atom stereocenters. The van der Waals surface area contributed by atoms with E-state index in [1.54, 1.807) is 0 Å². The smallest absolute Gasteiger partial charge is 0.122 e. The van der Waals surface area contributed by atoms with Crippen LogP contribution in [-0.2, 0) is 5.60 Å². The van der Waals surface area contributed by atoms with E-state index in [0.29, 0.717) is 5.92 Å². The normalized spacial score (nSPS) is 21.3. The largest absolute Gasteiger partial charge is 0.380 e. The lowest BCUT2D eigenvalue weighted by Gasteiger charge is -2.56. The van der Waals surface area contributed by atoms with Gasteiger partial charge in [0.2, 0.25) is 0 Å². The van der Waals surface area contributed by atoms with Crippen molar-refractivity contribution in [1.82, 2.24) is 9.88 Å². The van der Waals surface area contributed by atoms with Crippen LogP contribution in [0.1, 0.15) is 68.3 Å². The van der Waals surface area contributed by atoms with Gasteiger partial charge in [0.25, 0.3) is 0 Å². The number of aromatic nitrogens is 1. The van der Waals surface area contributed by atoms with Crippen molar-refractivity contribution in [3.8, 4) is 0 Å². The highest BCUT2D eigenvalue weighted by Crippen LogP contribution is 2.50. The zero-order chi connectivity index (χ0) is 19.9. The Kier molecular flexibility index (Phi) is 4.93. The molecule has 0 saturated carbocycles.